The van der Waals surface area contributed by atoms with Gasteiger partial charge in [0.15, 0.2) is 0 Å². The standard InChI is InChI=1S/C17H29N3O2S/c1-3-10-17(2,12-21)20-16(22)18-11-6-9-15-19-13-7-4-5-8-14(13)23-15/h21H,3-12H2,1-2H3,(H2,18,20,22). The number of urea groups is 1. The maximum Gasteiger partial charge on any atom is 0.315 e. The number of carbonyl (C=O) groups is 1. The van der Waals surface area contributed by atoms with E-state index in [4.69, 9.17) is 4.98 Å². The summed E-state index contributed by atoms with van der Waals surface area (Å²) in [5, 5.41) is 16.4. The van der Waals surface area contributed by atoms with E-state index in [2.05, 4.69) is 10.6 Å². The van der Waals surface area contributed by atoms with E-state index in [1.807, 2.05) is 25.2 Å². The molecule has 0 aromatic carbocycles. The molecule has 0 spiro atoms. The van der Waals surface area contributed by atoms with Crippen molar-refractivity contribution in [1.82, 2.24) is 15.6 Å². The maximum atomic E-state index is 11.9. The lowest BCUT2D eigenvalue weighted by Gasteiger charge is -2.28. The summed E-state index contributed by atoms with van der Waals surface area (Å²) in [6.07, 6.45) is 8.37. The Bertz CT molecular complexity index is 494. The lowest BCUT2D eigenvalue weighted by atomic mass is 9.98. The van der Waals surface area contributed by atoms with Crippen molar-refractivity contribution < 1.29 is 9.90 Å². The predicted molar refractivity (Wildman–Crippen MR) is 94.0 cm³/mol. The molecular formula is C17H29N3O2S. The van der Waals surface area contributed by atoms with Gasteiger partial charge in [-0.3, -0.25) is 0 Å². The summed E-state index contributed by atoms with van der Waals surface area (Å²) >= 11 is 1.84. The number of fused-ring (bicyclic) bond motifs is 1. The van der Waals surface area contributed by atoms with Crippen LogP contribution in [-0.4, -0.2) is 34.8 Å². The van der Waals surface area contributed by atoms with Gasteiger partial charge in [-0.25, -0.2) is 9.78 Å². The molecule has 2 amide bonds. The van der Waals surface area contributed by atoms with E-state index in [0.717, 1.165) is 32.1 Å². The third kappa shape index (κ3) is 5.46. The zero-order valence-electron chi connectivity index (χ0n) is 14.3. The van der Waals surface area contributed by atoms with Crippen molar-refractivity contribution in [1.29, 1.82) is 0 Å². The van der Waals surface area contributed by atoms with Crippen LogP contribution in [0, 0.1) is 0 Å². The second-order valence-corrected chi connectivity index (χ2v) is 7.81. The smallest absolute Gasteiger partial charge is 0.315 e. The fraction of sp³-hybridized carbons (Fsp3) is 0.765. The van der Waals surface area contributed by atoms with Crippen LogP contribution in [0.1, 0.15) is 61.5 Å². The molecule has 6 heteroatoms. The van der Waals surface area contributed by atoms with Gasteiger partial charge in [0, 0.05) is 17.8 Å². The van der Waals surface area contributed by atoms with Crippen LogP contribution in [0.5, 0.6) is 0 Å². The fourth-order valence-corrected chi connectivity index (χ4v) is 4.20. The first kappa shape index (κ1) is 18.2. The largest absolute Gasteiger partial charge is 0.394 e. The van der Waals surface area contributed by atoms with Gasteiger partial charge >= 0.3 is 6.03 Å². The summed E-state index contributed by atoms with van der Waals surface area (Å²) in [6, 6.07) is -0.201. The second-order valence-electron chi connectivity index (χ2n) is 6.64. The number of amides is 2. The summed E-state index contributed by atoms with van der Waals surface area (Å²) in [6.45, 7) is 4.50. The Morgan fingerprint density at radius 2 is 2.17 bits per heavy atom. The third-order valence-electron chi connectivity index (χ3n) is 4.31. The number of nitrogens with zero attached hydrogens (tertiary/aromatic N) is 1. The molecule has 0 bridgehead atoms. The molecular weight excluding hydrogens is 310 g/mol. The van der Waals surface area contributed by atoms with Gasteiger partial charge in [0.25, 0.3) is 0 Å². The molecule has 1 atom stereocenters. The fourth-order valence-electron chi connectivity index (χ4n) is 3.01. The molecule has 1 aromatic rings. The Kier molecular flexibility index (Phi) is 6.84. The number of aliphatic hydroxyl groups is 1. The quantitative estimate of drug-likeness (QED) is 0.638. The minimum atomic E-state index is -0.535. The monoisotopic (exact) mass is 339 g/mol. The second kappa shape index (κ2) is 8.64. The average Bonchev–Trinajstić information content (AvgIpc) is 2.94. The van der Waals surface area contributed by atoms with Crippen molar-refractivity contribution in [2.45, 2.75) is 70.8 Å². The Hall–Kier alpha value is -1.14. The van der Waals surface area contributed by atoms with Crippen LogP contribution in [0.15, 0.2) is 0 Å². The van der Waals surface area contributed by atoms with Crippen molar-refractivity contribution in [2.75, 3.05) is 13.2 Å². The zero-order chi connectivity index (χ0) is 16.7. The molecule has 1 aliphatic rings. The summed E-state index contributed by atoms with van der Waals surface area (Å²) in [5.41, 5.74) is 0.771. The predicted octanol–water partition coefficient (Wildman–Crippen LogP) is 2.80. The highest BCUT2D eigenvalue weighted by atomic mass is 32.1. The Morgan fingerprint density at radius 3 is 2.87 bits per heavy atom. The average molecular weight is 340 g/mol. The van der Waals surface area contributed by atoms with E-state index in [-0.39, 0.29) is 12.6 Å². The van der Waals surface area contributed by atoms with Gasteiger partial charge in [0.05, 0.1) is 22.8 Å². The Labute approximate surface area is 142 Å². The minimum absolute atomic E-state index is 0.0427. The lowest BCUT2D eigenvalue weighted by molar-refractivity contribution is 0.163. The molecule has 5 nitrogen and oxygen atoms in total. The van der Waals surface area contributed by atoms with Crippen LogP contribution in [0.2, 0.25) is 0 Å². The molecule has 0 saturated heterocycles. The molecule has 2 rings (SSSR count). The Morgan fingerprint density at radius 1 is 1.39 bits per heavy atom. The molecule has 0 radical (unpaired) electrons. The first-order valence-corrected chi connectivity index (χ1v) is 9.52. The van der Waals surface area contributed by atoms with Crippen LogP contribution in [-0.2, 0) is 19.3 Å². The van der Waals surface area contributed by atoms with Gasteiger partial charge in [-0.15, -0.1) is 11.3 Å². The molecule has 130 valence electrons. The summed E-state index contributed by atoms with van der Waals surface area (Å²) in [7, 11) is 0. The van der Waals surface area contributed by atoms with Crippen molar-refractivity contribution in [3.05, 3.63) is 15.6 Å². The highest BCUT2D eigenvalue weighted by Gasteiger charge is 2.24. The number of aromatic nitrogens is 1. The first-order valence-electron chi connectivity index (χ1n) is 8.70. The molecule has 1 heterocycles. The summed E-state index contributed by atoms with van der Waals surface area (Å²) in [5.74, 6) is 0. The zero-order valence-corrected chi connectivity index (χ0v) is 15.1. The van der Waals surface area contributed by atoms with Crippen molar-refractivity contribution >= 4 is 17.4 Å². The molecule has 23 heavy (non-hydrogen) atoms. The van der Waals surface area contributed by atoms with Crippen LogP contribution in [0.3, 0.4) is 0 Å². The number of nitrogens with one attached hydrogen (secondary N) is 2. The lowest BCUT2D eigenvalue weighted by Crippen LogP contribution is -2.52. The van der Waals surface area contributed by atoms with Crippen LogP contribution in [0.25, 0.3) is 0 Å². The first-order chi connectivity index (χ1) is 11.1. The molecule has 1 aliphatic carbocycles. The SMILES string of the molecule is CCCC(C)(CO)NC(=O)NCCCc1nc2c(s1)CCCC2. The maximum absolute atomic E-state index is 11.9. The van der Waals surface area contributed by atoms with Crippen molar-refractivity contribution in [3.8, 4) is 0 Å². The van der Waals surface area contributed by atoms with E-state index >= 15 is 0 Å². The number of hydrogen-bond acceptors (Lipinski definition) is 4. The topological polar surface area (TPSA) is 74.2 Å². The van der Waals surface area contributed by atoms with Gasteiger partial charge in [0.2, 0.25) is 0 Å². The van der Waals surface area contributed by atoms with E-state index in [1.54, 1.807) is 0 Å². The van der Waals surface area contributed by atoms with Crippen LogP contribution in [0.4, 0.5) is 4.79 Å². The van der Waals surface area contributed by atoms with Crippen molar-refractivity contribution in [3.63, 3.8) is 0 Å². The number of carbonyl (C=O) groups excluding carboxylic acids is 1. The molecule has 0 fully saturated rings. The van der Waals surface area contributed by atoms with Gasteiger partial charge in [-0.2, -0.15) is 0 Å². The number of aliphatic hydroxyl groups excluding tert-OH is 1. The number of rotatable bonds is 8. The van der Waals surface area contributed by atoms with Crippen LogP contribution >= 0.6 is 11.3 Å². The van der Waals surface area contributed by atoms with Gasteiger partial charge in [-0.1, -0.05) is 13.3 Å². The van der Waals surface area contributed by atoms with E-state index < -0.39 is 5.54 Å². The molecule has 3 N–H and O–H groups in total. The molecule has 0 aliphatic heterocycles. The minimum Gasteiger partial charge on any atom is -0.394 e. The highest BCUT2D eigenvalue weighted by Crippen LogP contribution is 2.27. The third-order valence-corrected chi connectivity index (χ3v) is 5.53. The van der Waals surface area contributed by atoms with Crippen LogP contribution < -0.4 is 10.6 Å². The normalized spacial score (nSPS) is 16.5. The number of aryl methyl sites for hydroxylation is 3. The Balaban J connectivity index is 1.68. The number of hydrogen-bond donors (Lipinski definition) is 3. The van der Waals surface area contributed by atoms with Crippen molar-refractivity contribution in [2.24, 2.45) is 0 Å². The highest BCUT2D eigenvalue weighted by molar-refractivity contribution is 7.11. The van der Waals surface area contributed by atoms with E-state index in [1.165, 1.54) is 34.8 Å². The number of thiazole rings is 1. The van der Waals surface area contributed by atoms with Gasteiger partial charge in [-0.05, 0) is 45.4 Å². The summed E-state index contributed by atoms with van der Waals surface area (Å²) < 4.78 is 0. The molecule has 1 aromatic heterocycles. The summed E-state index contributed by atoms with van der Waals surface area (Å²) in [4.78, 5) is 18.1. The van der Waals surface area contributed by atoms with Gasteiger partial charge < -0.3 is 15.7 Å². The molecule has 0 saturated carbocycles. The van der Waals surface area contributed by atoms with E-state index in [9.17, 15) is 9.90 Å². The molecule has 1 unspecified atom stereocenters. The van der Waals surface area contributed by atoms with Gasteiger partial charge in [0.1, 0.15) is 0 Å². The van der Waals surface area contributed by atoms with E-state index in [0.29, 0.717) is 6.54 Å².